The van der Waals surface area contributed by atoms with E-state index in [9.17, 15) is 4.79 Å². The minimum atomic E-state index is -0.0993. The van der Waals surface area contributed by atoms with Crippen molar-refractivity contribution in [3.63, 3.8) is 0 Å². The van der Waals surface area contributed by atoms with E-state index in [2.05, 4.69) is 18.2 Å². The smallest absolute Gasteiger partial charge is 0.306 e. The predicted octanol–water partition coefficient (Wildman–Crippen LogP) is 4.73. The number of para-hydroxylation sites is 1. The number of allylic oxidation sites excluding steroid dienone is 1. The molecule has 0 aliphatic carbocycles. The average molecular weight is 366 g/mol. The minimum Gasteiger partial charge on any atom is -0.494 e. The van der Waals surface area contributed by atoms with Crippen LogP contribution in [0.5, 0.6) is 11.5 Å². The summed E-state index contributed by atoms with van der Waals surface area (Å²) in [5.74, 6) is 1.70. The van der Waals surface area contributed by atoms with Gasteiger partial charge in [0.15, 0.2) is 0 Å². The Kier molecular flexibility index (Phi) is 7.34. The Labute approximate surface area is 160 Å². The number of unbranched alkanes of at least 4 members (excludes halogenated alkanes) is 1. The van der Waals surface area contributed by atoms with Crippen LogP contribution in [-0.2, 0) is 16.0 Å². The summed E-state index contributed by atoms with van der Waals surface area (Å²) in [5.41, 5.74) is 1.21. The highest BCUT2D eigenvalue weighted by molar-refractivity contribution is 5.71. The van der Waals surface area contributed by atoms with Gasteiger partial charge in [-0.2, -0.15) is 0 Å². The summed E-state index contributed by atoms with van der Waals surface area (Å²) >= 11 is 0. The normalized spacial score (nSPS) is 16.4. The lowest BCUT2D eigenvalue weighted by atomic mass is 10.1. The molecule has 1 heterocycles. The Morgan fingerprint density at radius 1 is 0.926 bits per heavy atom. The summed E-state index contributed by atoms with van der Waals surface area (Å²) in [4.78, 5) is 11.1. The number of carbonyl (C=O) groups is 1. The molecule has 4 heteroatoms. The Morgan fingerprint density at radius 3 is 2.22 bits per heavy atom. The Morgan fingerprint density at radius 2 is 1.59 bits per heavy atom. The van der Waals surface area contributed by atoms with Crippen LogP contribution in [0.4, 0.5) is 0 Å². The van der Waals surface area contributed by atoms with Crippen molar-refractivity contribution < 1.29 is 19.0 Å². The van der Waals surface area contributed by atoms with Crippen molar-refractivity contribution >= 4 is 5.97 Å². The fourth-order valence-corrected chi connectivity index (χ4v) is 2.86. The second kappa shape index (κ2) is 10.4. The van der Waals surface area contributed by atoms with Gasteiger partial charge in [0.1, 0.15) is 17.6 Å². The largest absolute Gasteiger partial charge is 0.494 e. The molecule has 0 amide bonds. The molecular weight excluding hydrogens is 340 g/mol. The monoisotopic (exact) mass is 366 g/mol. The van der Waals surface area contributed by atoms with Crippen LogP contribution in [0.15, 0.2) is 66.7 Å². The van der Waals surface area contributed by atoms with Gasteiger partial charge in [-0.3, -0.25) is 4.79 Å². The van der Waals surface area contributed by atoms with Gasteiger partial charge in [-0.1, -0.05) is 36.4 Å². The molecule has 0 saturated carbocycles. The summed E-state index contributed by atoms with van der Waals surface area (Å²) < 4.78 is 16.6. The molecular formula is C23H26O4. The number of carbonyl (C=O) groups excluding carboxylic acids is 1. The predicted molar refractivity (Wildman–Crippen MR) is 105 cm³/mol. The lowest BCUT2D eigenvalue weighted by molar-refractivity contribution is -0.139. The van der Waals surface area contributed by atoms with Crippen molar-refractivity contribution in [2.75, 3.05) is 13.2 Å². The SMILES string of the molecule is O=C1CCC(C=CCc2ccc(OCCCCOc3ccccc3)cc2)O1. The number of esters is 1. The van der Waals surface area contributed by atoms with Crippen LogP contribution >= 0.6 is 0 Å². The van der Waals surface area contributed by atoms with E-state index < -0.39 is 0 Å². The van der Waals surface area contributed by atoms with Crippen LogP contribution in [0.3, 0.4) is 0 Å². The zero-order valence-corrected chi connectivity index (χ0v) is 15.5. The second-order valence-corrected chi connectivity index (χ2v) is 6.56. The molecule has 0 radical (unpaired) electrons. The molecule has 3 rings (SSSR count). The van der Waals surface area contributed by atoms with Crippen molar-refractivity contribution in [3.8, 4) is 11.5 Å². The van der Waals surface area contributed by atoms with Gasteiger partial charge in [-0.05, 0) is 61.6 Å². The molecule has 1 saturated heterocycles. The highest BCUT2D eigenvalue weighted by Crippen LogP contribution is 2.16. The van der Waals surface area contributed by atoms with Crippen molar-refractivity contribution in [3.05, 3.63) is 72.3 Å². The van der Waals surface area contributed by atoms with Gasteiger partial charge in [-0.25, -0.2) is 0 Å². The Bertz CT molecular complexity index is 722. The molecule has 4 nitrogen and oxygen atoms in total. The van der Waals surface area contributed by atoms with Crippen molar-refractivity contribution in [1.29, 1.82) is 0 Å². The number of rotatable bonds is 10. The maximum absolute atomic E-state index is 11.1. The summed E-state index contributed by atoms with van der Waals surface area (Å²) in [5, 5.41) is 0. The third kappa shape index (κ3) is 6.81. The molecule has 1 aliphatic heterocycles. The lowest BCUT2D eigenvalue weighted by Crippen LogP contribution is -2.02. The fourth-order valence-electron chi connectivity index (χ4n) is 2.86. The van der Waals surface area contributed by atoms with Gasteiger partial charge < -0.3 is 14.2 Å². The van der Waals surface area contributed by atoms with Gasteiger partial charge in [0, 0.05) is 6.42 Å². The fraction of sp³-hybridized carbons (Fsp3) is 0.348. The van der Waals surface area contributed by atoms with Crippen LogP contribution in [0, 0.1) is 0 Å². The number of ether oxygens (including phenoxy) is 3. The molecule has 1 atom stereocenters. The van der Waals surface area contributed by atoms with Crippen LogP contribution in [0.2, 0.25) is 0 Å². The Hall–Kier alpha value is -2.75. The van der Waals surface area contributed by atoms with Crippen LogP contribution in [-0.4, -0.2) is 25.3 Å². The first kappa shape index (κ1) is 19.0. The third-order valence-electron chi connectivity index (χ3n) is 4.36. The summed E-state index contributed by atoms with van der Waals surface area (Å²) in [6, 6.07) is 18.0. The van der Waals surface area contributed by atoms with Crippen molar-refractivity contribution in [1.82, 2.24) is 0 Å². The summed E-state index contributed by atoms with van der Waals surface area (Å²) in [7, 11) is 0. The molecule has 0 N–H and O–H groups in total. The topological polar surface area (TPSA) is 44.8 Å². The van der Waals surface area contributed by atoms with E-state index in [1.165, 1.54) is 5.56 Å². The van der Waals surface area contributed by atoms with Gasteiger partial charge in [0.2, 0.25) is 0 Å². The molecule has 2 aromatic carbocycles. The minimum absolute atomic E-state index is 0.0500. The lowest BCUT2D eigenvalue weighted by Gasteiger charge is -2.08. The van der Waals surface area contributed by atoms with E-state index in [0.717, 1.165) is 37.2 Å². The summed E-state index contributed by atoms with van der Waals surface area (Å²) in [6.45, 7) is 1.39. The highest BCUT2D eigenvalue weighted by Gasteiger charge is 2.20. The van der Waals surface area contributed by atoms with E-state index in [-0.39, 0.29) is 12.1 Å². The Balaban J connectivity index is 1.28. The standard InChI is InChI=1S/C23H26O4/c24-23-16-15-22(27-23)10-6-7-19-11-13-21(14-12-19)26-18-5-4-17-25-20-8-2-1-3-9-20/h1-3,6,8-14,22H,4-5,7,15-18H2. The zero-order valence-electron chi connectivity index (χ0n) is 15.5. The molecule has 1 fully saturated rings. The van der Waals surface area contributed by atoms with E-state index in [1.807, 2.05) is 48.5 Å². The zero-order chi connectivity index (χ0) is 18.7. The maximum atomic E-state index is 11.1. The first-order valence-electron chi connectivity index (χ1n) is 9.55. The average Bonchev–Trinajstić information content (AvgIpc) is 3.11. The van der Waals surface area contributed by atoms with Gasteiger partial charge in [0.25, 0.3) is 0 Å². The van der Waals surface area contributed by atoms with Crippen LogP contribution < -0.4 is 9.47 Å². The van der Waals surface area contributed by atoms with E-state index >= 15 is 0 Å². The van der Waals surface area contributed by atoms with E-state index in [4.69, 9.17) is 14.2 Å². The summed E-state index contributed by atoms with van der Waals surface area (Å²) in [6.07, 6.45) is 8.05. The number of cyclic esters (lactones) is 1. The van der Waals surface area contributed by atoms with Gasteiger partial charge in [0.05, 0.1) is 13.2 Å². The molecule has 1 aliphatic rings. The second-order valence-electron chi connectivity index (χ2n) is 6.56. The molecule has 142 valence electrons. The molecule has 1 unspecified atom stereocenters. The molecule has 0 aromatic heterocycles. The van der Waals surface area contributed by atoms with Crippen molar-refractivity contribution in [2.45, 2.75) is 38.2 Å². The first-order valence-corrected chi connectivity index (χ1v) is 9.55. The van der Waals surface area contributed by atoms with Crippen LogP contribution in [0.1, 0.15) is 31.2 Å². The van der Waals surface area contributed by atoms with Crippen molar-refractivity contribution in [2.24, 2.45) is 0 Å². The maximum Gasteiger partial charge on any atom is 0.306 e. The van der Waals surface area contributed by atoms with Gasteiger partial charge >= 0.3 is 5.97 Å². The molecule has 2 aromatic rings. The molecule has 27 heavy (non-hydrogen) atoms. The first-order chi connectivity index (χ1) is 13.3. The quantitative estimate of drug-likeness (QED) is 0.346. The van der Waals surface area contributed by atoms with Crippen LogP contribution in [0.25, 0.3) is 0 Å². The van der Waals surface area contributed by atoms with E-state index in [1.54, 1.807) is 0 Å². The highest BCUT2D eigenvalue weighted by atomic mass is 16.5. The molecule has 0 spiro atoms. The number of hydrogen-bond acceptors (Lipinski definition) is 4. The van der Waals surface area contributed by atoms with E-state index in [0.29, 0.717) is 19.6 Å². The molecule has 0 bridgehead atoms. The third-order valence-corrected chi connectivity index (χ3v) is 4.36. The number of benzene rings is 2. The van der Waals surface area contributed by atoms with Gasteiger partial charge in [-0.15, -0.1) is 0 Å². The number of hydrogen-bond donors (Lipinski definition) is 0.